The van der Waals surface area contributed by atoms with E-state index in [0.717, 1.165) is 6.08 Å². The average molecular weight is 662 g/mol. The van der Waals surface area contributed by atoms with E-state index < -0.39 is 76.2 Å². The molecule has 0 spiro atoms. The van der Waals surface area contributed by atoms with E-state index >= 15 is 0 Å². The predicted molar refractivity (Wildman–Crippen MR) is 151 cm³/mol. The third-order valence-electron chi connectivity index (χ3n) is 9.23. The summed E-state index contributed by atoms with van der Waals surface area (Å²) in [5.74, 6) is -7.78. The van der Waals surface area contributed by atoms with Crippen LogP contribution in [0.5, 0.6) is 17.2 Å². The first-order chi connectivity index (χ1) is 22.0. The van der Waals surface area contributed by atoms with Gasteiger partial charge < -0.3 is 14.6 Å². The number of methoxy groups -OCH3 is 2. The van der Waals surface area contributed by atoms with Crippen LogP contribution in [0.1, 0.15) is 42.4 Å². The number of benzene rings is 2. The lowest BCUT2D eigenvalue weighted by Crippen LogP contribution is -2.40. The molecule has 1 saturated heterocycles. The van der Waals surface area contributed by atoms with Gasteiger partial charge in [0.05, 0.1) is 42.9 Å². The maximum absolute atomic E-state index is 14.1. The number of nitrogens with zero attached hydrogens (tertiary/aromatic N) is 1. The first-order valence-electron chi connectivity index (χ1n) is 14.3. The molecule has 4 aliphatic rings. The molecule has 0 radical (unpaired) electrons. The van der Waals surface area contributed by atoms with Crippen molar-refractivity contribution < 1.29 is 60.1 Å². The van der Waals surface area contributed by atoms with Crippen LogP contribution in [0.2, 0.25) is 0 Å². The number of carbonyl (C=O) groups excluding carboxylic acids is 4. The summed E-state index contributed by atoms with van der Waals surface area (Å²) in [7, 11) is 2.65. The number of aromatic hydroxyl groups is 1. The number of hydrogen-bond acceptors (Lipinski definition) is 7. The van der Waals surface area contributed by atoms with Gasteiger partial charge in [0, 0.05) is 40.3 Å². The summed E-state index contributed by atoms with van der Waals surface area (Å²) in [6.45, 7) is 1.43. The standard InChI is InChI=1S/C33H25F6NO7/c1-13-6-22(41)26-21(29(13)43)12-20-18(27(26)28-23(42)10-17(46-2)11-24(28)47-3)4-5-19-25(20)31(45)40(30(19)44)16-8-14(32(34,35)36)7-15(9-16)33(37,38)39/h4,6-11,19-20,25,27,42H,5,12H2,1-3H3/t19-,20+,25-,27-/m0/s1. The molecule has 246 valence electrons. The van der Waals surface area contributed by atoms with Crippen LogP contribution in [-0.2, 0) is 31.5 Å². The van der Waals surface area contributed by atoms with E-state index in [1.54, 1.807) is 6.08 Å². The Hall–Kier alpha value is -4.88. The molecule has 0 saturated carbocycles. The van der Waals surface area contributed by atoms with Crippen LogP contribution in [0, 0.1) is 17.8 Å². The van der Waals surface area contributed by atoms with Crippen molar-refractivity contribution in [2.75, 3.05) is 19.1 Å². The zero-order chi connectivity index (χ0) is 34.3. The number of allylic oxidation sites excluding steroid dienone is 6. The number of hydrogen-bond donors (Lipinski definition) is 1. The molecule has 0 unspecified atom stereocenters. The number of phenolic OH excluding ortho intramolecular Hbond substituents is 1. The average Bonchev–Trinajstić information content (AvgIpc) is 3.26. The molecule has 1 fully saturated rings. The number of fused-ring (bicyclic) bond motifs is 3. The lowest BCUT2D eigenvalue weighted by molar-refractivity contribution is -0.143. The maximum atomic E-state index is 14.1. The minimum atomic E-state index is -5.22. The molecule has 8 nitrogen and oxygen atoms in total. The predicted octanol–water partition coefficient (Wildman–Crippen LogP) is 6.08. The largest absolute Gasteiger partial charge is 0.507 e. The van der Waals surface area contributed by atoms with Gasteiger partial charge in [-0.05, 0) is 50.0 Å². The Bertz CT molecular complexity index is 1840. The van der Waals surface area contributed by atoms with E-state index in [-0.39, 0.29) is 58.4 Å². The summed E-state index contributed by atoms with van der Waals surface area (Å²) in [5, 5.41) is 11.2. The number of imide groups is 1. The fourth-order valence-electron chi connectivity index (χ4n) is 7.20. The zero-order valence-electron chi connectivity index (χ0n) is 24.9. The van der Waals surface area contributed by atoms with Gasteiger partial charge >= 0.3 is 12.4 Å². The SMILES string of the molecule is COc1cc(O)c([C@H]2C3=CC[C@@H]4C(=O)N(c5cc(C(F)(F)F)cc(C(F)(F)F)c5)C(=O)[C@@H]4[C@@H]3CC3=C2C(=O)C=C(C)C3=O)c(OC)c1. The van der Waals surface area contributed by atoms with Gasteiger partial charge in [-0.3, -0.25) is 19.2 Å². The number of anilines is 1. The van der Waals surface area contributed by atoms with E-state index in [0.29, 0.717) is 22.6 Å². The van der Waals surface area contributed by atoms with Crippen LogP contribution in [0.3, 0.4) is 0 Å². The Kier molecular flexibility index (Phi) is 7.40. The number of ether oxygens (including phenoxy) is 2. The number of Topliss-reactive ketones (excluding diaryl/α,β-unsaturated/α-hetero) is 1. The molecule has 2 amide bonds. The summed E-state index contributed by atoms with van der Waals surface area (Å²) < 4.78 is 92.7. The molecule has 6 rings (SSSR count). The Morgan fingerprint density at radius 1 is 0.851 bits per heavy atom. The van der Waals surface area contributed by atoms with Crippen LogP contribution in [0.4, 0.5) is 32.0 Å². The highest BCUT2D eigenvalue weighted by Crippen LogP contribution is 2.58. The van der Waals surface area contributed by atoms with Crippen molar-refractivity contribution in [2.24, 2.45) is 17.8 Å². The molecule has 1 aliphatic heterocycles. The maximum Gasteiger partial charge on any atom is 0.416 e. The highest BCUT2D eigenvalue weighted by molar-refractivity contribution is 6.25. The molecule has 47 heavy (non-hydrogen) atoms. The fraction of sp³-hybridized carbons (Fsp3) is 0.333. The molecule has 0 aromatic heterocycles. The highest BCUT2D eigenvalue weighted by atomic mass is 19.4. The molecule has 2 aromatic carbocycles. The Balaban J connectivity index is 1.51. The highest BCUT2D eigenvalue weighted by Gasteiger charge is 2.57. The number of carbonyl (C=O) groups is 4. The number of halogens is 6. The number of ketones is 2. The molecule has 4 atom stereocenters. The van der Waals surface area contributed by atoms with Crippen molar-refractivity contribution in [3.8, 4) is 17.2 Å². The minimum Gasteiger partial charge on any atom is -0.507 e. The summed E-state index contributed by atoms with van der Waals surface area (Å²) in [6, 6.07) is 3.25. The molecular weight excluding hydrogens is 636 g/mol. The van der Waals surface area contributed by atoms with E-state index in [4.69, 9.17) is 9.47 Å². The Morgan fingerprint density at radius 3 is 2.06 bits per heavy atom. The second-order valence-electron chi connectivity index (χ2n) is 11.8. The number of rotatable bonds is 4. The lowest BCUT2D eigenvalue weighted by Gasteiger charge is -2.42. The van der Waals surface area contributed by atoms with E-state index in [1.165, 1.54) is 33.3 Å². The molecule has 1 heterocycles. The molecule has 14 heteroatoms. The molecular formula is C33H25F6NO7. The van der Waals surface area contributed by atoms with Crippen molar-refractivity contribution in [3.63, 3.8) is 0 Å². The van der Waals surface area contributed by atoms with Crippen molar-refractivity contribution in [3.05, 3.63) is 81.5 Å². The van der Waals surface area contributed by atoms with Gasteiger partial charge in [0.1, 0.15) is 17.2 Å². The quantitative estimate of drug-likeness (QED) is 0.183. The molecule has 2 aromatic rings. The molecule has 1 N–H and O–H groups in total. The van der Waals surface area contributed by atoms with Crippen molar-refractivity contribution in [1.29, 1.82) is 0 Å². The van der Waals surface area contributed by atoms with Gasteiger partial charge in [-0.1, -0.05) is 11.6 Å². The van der Waals surface area contributed by atoms with E-state index in [2.05, 4.69) is 0 Å². The lowest BCUT2D eigenvalue weighted by atomic mass is 9.59. The third kappa shape index (κ3) is 5.01. The first kappa shape index (κ1) is 32.1. The van der Waals surface area contributed by atoms with Gasteiger partial charge in [-0.15, -0.1) is 0 Å². The van der Waals surface area contributed by atoms with E-state index in [9.17, 15) is 50.6 Å². The summed E-state index contributed by atoms with van der Waals surface area (Å²) >= 11 is 0. The molecule has 3 aliphatic carbocycles. The van der Waals surface area contributed by atoms with Crippen molar-refractivity contribution in [2.45, 2.75) is 38.0 Å². The van der Waals surface area contributed by atoms with Crippen LogP contribution < -0.4 is 14.4 Å². The van der Waals surface area contributed by atoms with Crippen molar-refractivity contribution in [1.82, 2.24) is 0 Å². The fourth-order valence-corrected chi connectivity index (χ4v) is 7.20. The topological polar surface area (TPSA) is 110 Å². The number of amides is 2. The number of alkyl halides is 6. The number of phenols is 1. The van der Waals surface area contributed by atoms with Gasteiger partial charge in [-0.25, -0.2) is 4.90 Å². The first-order valence-corrected chi connectivity index (χ1v) is 14.3. The van der Waals surface area contributed by atoms with Crippen molar-refractivity contribution >= 4 is 29.1 Å². The summed E-state index contributed by atoms with van der Waals surface area (Å²) in [4.78, 5) is 55.1. The Morgan fingerprint density at radius 2 is 1.49 bits per heavy atom. The second kappa shape index (κ2) is 10.8. The normalized spacial score (nSPS) is 24.5. The van der Waals surface area contributed by atoms with Gasteiger partial charge in [0.2, 0.25) is 11.8 Å². The smallest absolute Gasteiger partial charge is 0.416 e. The monoisotopic (exact) mass is 661 g/mol. The Labute approximate surface area is 262 Å². The summed E-state index contributed by atoms with van der Waals surface area (Å²) in [5.41, 5.74) is -3.66. The van der Waals surface area contributed by atoms with Gasteiger partial charge in [0.15, 0.2) is 11.6 Å². The zero-order valence-corrected chi connectivity index (χ0v) is 24.9. The molecule has 0 bridgehead atoms. The van der Waals surface area contributed by atoms with Crippen LogP contribution in [-0.4, -0.2) is 42.7 Å². The van der Waals surface area contributed by atoms with Crippen LogP contribution in [0.25, 0.3) is 0 Å². The van der Waals surface area contributed by atoms with E-state index in [1.807, 2.05) is 0 Å². The third-order valence-corrected chi connectivity index (χ3v) is 9.23. The van der Waals surface area contributed by atoms with Gasteiger partial charge in [-0.2, -0.15) is 26.3 Å². The summed E-state index contributed by atoms with van der Waals surface area (Å²) in [6.07, 6.45) is -8.07. The van der Waals surface area contributed by atoms with Gasteiger partial charge in [0.25, 0.3) is 0 Å². The second-order valence-corrected chi connectivity index (χ2v) is 11.8. The minimum absolute atomic E-state index is 0.0252. The van der Waals surface area contributed by atoms with Crippen LogP contribution in [0.15, 0.2) is 64.8 Å². The van der Waals surface area contributed by atoms with Crippen LogP contribution >= 0.6 is 0 Å².